The van der Waals surface area contributed by atoms with Crippen molar-refractivity contribution in [3.8, 4) is 0 Å². The van der Waals surface area contributed by atoms with Crippen LogP contribution < -0.4 is 16.0 Å². The third kappa shape index (κ3) is 6.58. The number of anilines is 2. The van der Waals surface area contributed by atoms with Gasteiger partial charge in [0.25, 0.3) is 0 Å². The number of amides is 4. The maximum absolute atomic E-state index is 13.9. The van der Waals surface area contributed by atoms with Crippen LogP contribution >= 0.6 is 0 Å². The fourth-order valence-corrected chi connectivity index (χ4v) is 8.44. The molecule has 6 atom stereocenters. The highest BCUT2D eigenvalue weighted by Crippen LogP contribution is 2.58. The maximum atomic E-state index is 13.9. The van der Waals surface area contributed by atoms with Gasteiger partial charge in [-0.2, -0.15) is 0 Å². The second-order valence-corrected chi connectivity index (χ2v) is 15.5. The number of carbonyl (C=O) groups excluding carboxylic acids is 4. The van der Waals surface area contributed by atoms with E-state index in [0.717, 1.165) is 61.1 Å². The maximum Gasteiger partial charge on any atom is 0.407 e. The molecule has 0 radical (unpaired) electrons. The van der Waals surface area contributed by atoms with Crippen LogP contribution in [-0.2, 0) is 19.1 Å². The van der Waals surface area contributed by atoms with Crippen molar-refractivity contribution in [3.63, 3.8) is 0 Å². The third-order valence-electron chi connectivity index (χ3n) is 11.3. The van der Waals surface area contributed by atoms with Crippen LogP contribution in [0.4, 0.5) is 21.1 Å². The van der Waals surface area contributed by atoms with E-state index in [2.05, 4.69) is 25.9 Å². The van der Waals surface area contributed by atoms with Gasteiger partial charge in [-0.1, -0.05) is 27.7 Å². The molecular formula is C36H49N9O6. The van der Waals surface area contributed by atoms with Gasteiger partial charge in [-0.05, 0) is 79.9 Å². The van der Waals surface area contributed by atoms with Crippen LogP contribution in [-0.4, -0.2) is 92.6 Å². The van der Waals surface area contributed by atoms with Crippen LogP contribution in [0.15, 0.2) is 24.4 Å². The second kappa shape index (κ2) is 13.4. The number of rotatable bonds is 10. The number of aromatic nitrogens is 4. The average molecular weight is 704 g/mol. The molecule has 4 heterocycles. The summed E-state index contributed by atoms with van der Waals surface area (Å²) in [6, 6.07) is 4.13. The number of carbonyl (C=O) groups is 4. The summed E-state index contributed by atoms with van der Waals surface area (Å²) in [6.07, 6.45) is 6.31. The molecule has 51 heavy (non-hydrogen) atoms. The first-order valence-electron chi connectivity index (χ1n) is 18.0. The number of imidazole rings is 2. The second-order valence-electron chi connectivity index (χ2n) is 15.5. The number of benzene rings is 1. The molecule has 4 fully saturated rings. The number of ether oxygens (including phenoxy) is 2. The van der Waals surface area contributed by atoms with Gasteiger partial charge in [0.15, 0.2) is 0 Å². The molecule has 1 aromatic carbocycles. The first-order valence-corrected chi connectivity index (χ1v) is 18.0. The number of likely N-dealkylation sites (tertiary alicyclic amines) is 2. The molecular weight excluding hydrogens is 654 g/mol. The lowest BCUT2D eigenvalue weighted by Gasteiger charge is -2.37. The molecule has 2 saturated carbocycles. The number of methoxy groups -OCH3 is 2. The Hall–Kier alpha value is -4.82. The third-order valence-corrected chi connectivity index (χ3v) is 11.3. The topological polar surface area (TPSA) is 187 Å². The van der Waals surface area contributed by atoms with Crippen LogP contribution in [0.5, 0.6) is 0 Å². The Morgan fingerprint density at radius 3 is 2.25 bits per heavy atom. The molecule has 2 aliphatic heterocycles. The van der Waals surface area contributed by atoms with Gasteiger partial charge in [0, 0.05) is 18.3 Å². The van der Waals surface area contributed by atoms with Crippen molar-refractivity contribution >= 4 is 46.5 Å². The number of aromatic amines is 2. The molecule has 2 aliphatic carbocycles. The molecule has 2 bridgehead atoms. The van der Waals surface area contributed by atoms with Crippen LogP contribution in [0, 0.1) is 23.2 Å². The molecule has 15 heteroatoms. The van der Waals surface area contributed by atoms with Crippen LogP contribution in [0.25, 0.3) is 11.0 Å². The standard InChI is InChI=1S/C36H49N9O6/c1-18(2)27(42-34(48)50-5)32(46)44-17-36(11-12-36)15-25(44)30-37-16-26(41-30)38-21-8-10-23-24(14-21)40-31(39-23)29-20-7-9-22(13-20)45(29)33(47)28(19(3)4)43-35(49)51-6/h8,10,14,16,18-20,22,25,27-29,38H,7,9,11-13,15,17H2,1-6H3,(H,37,41)(H,39,40)(H,42,48)(H,43,49)/t20-,22+,25-,27-,28-,29-/m0/s1. The normalized spacial score (nSPS) is 24.3. The van der Waals surface area contributed by atoms with Crippen molar-refractivity contribution in [1.29, 1.82) is 0 Å². The summed E-state index contributed by atoms with van der Waals surface area (Å²) in [4.78, 5) is 72.3. The summed E-state index contributed by atoms with van der Waals surface area (Å²) in [5, 5.41) is 8.89. The van der Waals surface area contributed by atoms with Gasteiger partial charge in [0.1, 0.15) is 29.6 Å². The number of hydrogen-bond donors (Lipinski definition) is 5. The summed E-state index contributed by atoms with van der Waals surface area (Å²) >= 11 is 0. The van der Waals surface area contributed by atoms with Gasteiger partial charge in [0.2, 0.25) is 11.8 Å². The average Bonchev–Trinajstić information content (AvgIpc) is 3.68. The molecule has 15 nitrogen and oxygen atoms in total. The van der Waals surface area contributed by atoms with Gasteiger partial charge >= 0.3 is 12.2 Å². The zero-order chi connectivity index (χ0) is 36.2. The Labute approximate surface area is 297 Å². The zero-order valence-electron chi connectivity index (χ0n) is 30.1. The number of nitrogens with zero attached hydrogens (tertiary/aromatic N) is 4. The fraction of sp³-hybridized carbons (Fsp3) is 0.611. The van der Waals surface area contributed by atoms with Gasteiger partial charge in [-0.25, -0.2) is 19.6 Å². The Morgan fingerprint density at radius 1 is 0.922 bits per heavy atom. The number of nitrogens with one attached hydrogen (secondary N) is 5. The van der Waals surface area contributed by atoms with E-state index in [1.165, 1.54) is 14.2 Å². The van der Waals surface area contributed by atoms with E-state index in [4.69, 9.17) is 19.4 Å². The van der Waals surface area contributed by atoms with E-state index < -0.39 is 24.3 Å². The highest BCUT2D eigenvalue weighted by Gasteiger charge is 2.55. The Bertz CT molecular complexity index is 1810. The van der Waals surface area contributed by atoms with E-state index in [0.29, 0.717) is 18.2 Å². The van der Waals surface area contributed by atoms with Gasteiger partial charge < -0.3 is 45.2 Å². The largest absolute Gasteiger partial charge is 0.453 e. The minimum atomic E-state index is -0.704. The van der Waals surface area contributed by atoms with E-state index >= 15 is 0 Å². The molecule has 0 unspecified atom stereocenters. The number of fused-ring (bicyclic) bond motifs is 3. The molecule has 7 rings (SSSR count). The quantitative estimate of drug-likeness (QED) is 0.196. The number of alkyl carbamates (subject to hydrolysis) is 2. The van der Waals surface area contributed by atoms with E-state index in [9.17, 15) is 19.2 Å². The summed E-state index contributed by atoms with van der Waals surface area (Å²) in [6.45, 7) is 8.29. The Balaban J connectivity index is 1.08. The number of piperidine rings is 1. The number of H-pyrrole nitrogens is 2. The first kappa shape index (κ1) is 34.6. The van der Waals surface area contributed by atoms with E-state index in [-0.39, 0.29) is 53.1 Å². The predicted octanol–water partition coefficient (Wildman–Crippen LogP) is 4.90. The molecule has 2 saturated heterocycles. The van der Waals surface area contributed by atoms with Gasteiger partial charge in [-0.3, -0.25) is 9.59 Å². The fourth-order valence-electron chi connectivity index (χ4n) is 8.44. The Morgan fingerprint density at radius 2 is 1.61 bits per heavy atom. The molecule has 2 aromatic heterocycles. The van der Waals surface area contributed by atoms with Crippen molar-refractivity contribution < 1.29 is 28.7 Å². The Kier molecular flexibility index (Phi) is 9.08. The summed E-state index contributed by atoms with van der Waals surface area (Å²) in [7, 11) is 2.59. The van der Waals surface area contributed by atoms with Crippen LogP contribution in [0.3, 0.4) is 0 Å². The van der Waals surface area contributed by atoms with E-state index in [1.807, 2.05) is 55.7 Å². The lowest BCUT2D eigenvalue weighted by molar-refractivity contribution is -0.139. The highest BCUT2D eigenvalue weighted by atomic mass is 16.5. The first-order chi connectivity index (χ1) is 24.4. The molecule has 4 amide bonds. The monoisotopic (exact) mass is 703 g/mol. The molecule has 274 valence electrons. The van der Waals surface area contributed by atoms with Crippen LogP contribution in [0.2, 0.25) is 0 Å². The highest BCUT2D eigenvalue weighted by molar-refractivity contribution is 5.88. The zero-order valence-corrected chi connectivity index (χ0v) is 30.1. The van der Waals surface area contributed by atoms with Gasteiger partial charge in [0.05, 0.1) is 43.5 Å². The summed E-state index contributed by atoms with van der Waals surface area (Å²) in [5.41, 5.74) is 2.54. The molecule has 1 spiro atoms. The van der Waals surface area contributed by atoms with Crippen molar-refractivity contribution in [1.82, 2.24) is 40.4 Å². The smallest absolute Gasteiger partial charge is 0.407 e. The molecule has 4 aliphatic rings. The lowest BCUT2D eigenvalue weighted by Crippen LogP contribution is -2.54. The molecule has 3 aromatic rings. The lowest BCUT2D eigenvalue weighted by atomic mass is 9.95. The minimum Gasteiger partial charge on any atom is -0.453 e. The minimum absolute atomic E-state index is 0.101. The van der Waals surface area contributed by atoms with Crippen molar-refractivity contribution in [3.05, 3.63) is 36.0 Å². The van der Waals surface area contributed by atoms with Gasteiger partial charge in [-0.15, -0.1) is 0 Å². The summed E-state index contributed by atoms with van der Waals surface area (Å²) in [5.74, 6) is 1.94. The number of hydrogen-bond acceptors (Lipinski definition) is 9. The van der Waals surface area contributed by atoms with Crippen molar-refractivity contribution in [2.75, 3.05) is 26.1 Å². The van der Waals surface area contributed by atoms with E-state index in [1.54, 1.807) is 6.20 Å². The predicted molar refractivity (Wildman–Crippen MR) is 188 cm³/mol. The summed E-state index contributed by atoms with van der Waals surface area (Å²) < 4.78 is 9.60. The van der Waals surface area contributed by atoms with Crippen molar-refractivity contribution in [2.45, 2.75) is 96.4 Å². The van der Waals surface area contributed by atoms with Crippen LogP contribution in [0.1, 0.15) is 90.0 Å². The van der Waals surface area contributed by atoms with Crippen molar-refractivity contribution in [2.24, 2.45) is 23.2 Å². The molecule has 5 N–H and O–H groups in total. The SMILES string of the molecule is COC(=O)N[C@H](C(=O)N1CC2(CC2)C[C@H]1c1ncc(Nc2ccc3nc([C@@H]4[C@H]5CC[C@H](C5)N4C(=O)[C@@H](NC(=O)OC)C(C)C)[nH]c3c2)[nH]1)C(C)C.